The lowest BCUT2D eigenvalue weighted by Gasteiger charge is -2.38. The van der Waals surface area contributed by atoms with Crippen molar-refractivity contribution in [3.05, 3.63) is 59.2 Å². The minimum Gasteiger partial charge on any atom is -0.469 e. The van der Waals surface area contributed by atoms with Crippen molar-refractivity contribution in [3.8, 4) is 0 Å². The number of rotatable bonds is 4. The molecule has 1 aromatic rings. The first-order chi connectivity index (χ1) is 10.6. The van der Waals surface area contributed by atoms with Crippen molar-refractivity contribution in [2.45, 2.75) is 31.2 Å². The Kier molecular flexibility index (Phi) is 3.84. The Labute approximate surface area is 129 Å². The topological polar surface area (TPSA) is 55.4 Å². The SMILES string of the molecule is COC(=O)C[C@@H](C)NC(=O)C1=CC2c3ccccc3C2C=C1. The van der Waals surface area contributed by atoms with Gasteiger partial charge in [-0.1, -0.05) is 42.5 Å². The largest absolute Gasteiger partial charge is 0.469 e. The lowest BCUT2D eigenvalue weighted by molar-refractivity contribution is -0.141. The van der Waals surface area contributed by atoms with Gasteiger partial charge in [0.15, 0.2) is 0 Å². The van der Waals surface area contributed by atoms with Crippen molar-refractivity contribution < 1.29 is 14.3 Å². The zero-order valence-corrected chi connectivity index (χ0v) is 12.7. The predicted molar refractivity (Wildman–Crippen MR) is 83.4 cm³/mol. The van der Waals surface area contributed by atoms with Gasteiger partial charge in [-0.3, -0.25) is 9.59 Å². The normalized spacial score (nSPS) is 22.5. The molecule has 0 aromatic heterocycles. The van der Waals surface area contributed by atoms with Crippen LogP contribution in [0.5, 0.6) is 0 Å². The van der Waals surface area contributed by atoms with E-state index in [2.05, 4.69) is 28.3 Å². The average Bonchev–Trinajstić information content (AvgIpc) is 2.51. The van der Waals surface area contributed by atoms with Gasteiger partial charge in [0.1, 0.15) is 0 Å². The van der Waals surface area contributed by atoms with E-state index in [-0.39, 0.29) is 30.3 Å². The molecule has 4 heteroatoms. The fraction of sp³-hybridized carbons (Fsp3) is 0.333. The summed E-state index contributed by atoms with van der Waals surface area (Å²) in [5.74, 6) is 0.211. The van der Waals surface area contributed by atoms with Crippen molar-refractivity contribution in [1.29, 1.82) is 0 Å². The van der Waals surface area contributed by atoms with E-state index >= 15 is 0 Å². The predicted octanol–water partition coefficient (Wildman–Crippen LogP) is 2.43. The summed E-state index contributed by atoms with van der Waals surface area (Å²) in [4.78, 5) is 23.5. The van der Waals surface area contributed by atoms with Gasteiger partial charge in [0.05, 0.1) is 13.5 Å². The second-order valence-electron chi connectivity index (χ2n) is 5.82. The van der Waals surface area contributed by atoms with Crippen LogP contribution >= 0.6 is 0 Å². The van der Waals surface area contributed by atoms with E-state index in [1.54, 1.807) is 6.92 Å². The second kappa shape index (κ2) is 5.79. The van der Waals surface area contributed by atoms with Crippen molar-refractivity contribution in [1.82, 2.24) is 5.32 Å². The molecule has 1 amide bonds. The molecule has 3 atom stereocenters. The number of ether oxygens (including phenoxy) is 1. The number of carbonyl (C=O) groups is 2. The Bertz CT molecular complexity index is 675. The number of amides is 1. The summed E-state index contributed by atoms with van der Waals surface area (Å²) >= 11 is 0. The van der Waals surface area contributed by atoms with E-state index in [0.29, 0.717) is 11.5 Å². The van der Waals surface area contributed by atoms with E-state index in [0.717, 1.165) is 0 Å². The lowest BCUT2D eigenvalue weighted by atomic mass is 9.65. The smallest absolute Gasteiger partial charge is 0.307 e. The van der Waals surface area contributed by atoms with E-state index in [1.807, 2.05) is 24.3 Å². The third-order valence-electron chi connectivity index (χ3n) is 4.28. The quantitative estimate of drug-likeness (QED) is 0.868. The highest BCUT2D eigenvalue weighted by molar-refractivity contribution is 5.97. The van der Waals surface area contributed by atoms with Gasteiger partial charge in [0.25, 0.3) is 5.91 Å². The van der Waals surface area contributed by atoms with Crippen LogP contribution in [0.25, 0.3) is 0 Å². The van der Waals surface area contributed by atoms with E-state index in [9.17, 15) is 9.59 Å². The molecule has 2 aliphatic rings. The third kappa shape index (κ3) is 2.56. The molecule has 114 valence electrons. The number of esters is 1. The second-order valence-corrected chi connectivity index (χ2v) is 5.82. The molecule has 0 radical (unpaired) electrons. The summed E-state index contributed by atoms with van der Waals surface area (Å²) in [6.45, 7) is 1.80. The molecule has 1 aromatic carbocycles. The van der Waals surface area contributed by atoms with Gasteiger partial charge < -0.3 is 10.1 Å². The van der Waals surface area contributed by atoms with Crippen LogP contribution in [0.1, 0.15) is 36.3 Å². The Morgan fingerprint density at radius 1 is 1.23 bits per heavy atom. The van der Waals surface area contributed by atoms with Crippen molar-refractivity contribution >= 4 is 11.9 Å². The van der Waals surface area contributed by atoms with Crippen LogP contribution in [-0.2, 0) is 14.3 Å². The highest BCUT2D eigenvalue weighted by Crippen LogP contribution is 2.50. The first kappa shape index (κ1) is 14.6. The maximum atomic E-state index is 12.3. The summed E-state index contributed by atoms with van der Waals surface area (Å²) in [6.07, 6.45) is 6.16. The summed E-state index contributed by atoms with van der Waals surface area (Å²) in [7, 11) is 1.34. The first-order valence-electron chi connectivity index (χ1n) is 7.46. The molecule has 0 saturated carbocycles. The van der Waals surface area contributed by atoms with Crippen LogP contribution in [-0.4, -0.2) is 25.0 Å². The number of fused-ring (bicyclic) bond motifs is 4. The maximum absolute atomic E-state index is 12.3. The molecule has 3 rings (SSSR count). The highest BCUT2D eigenvalue weighted by Gasteiger charge is 2.36. The summed E-state index contributed by atoms with van der Waals surface area (Å²) < 4.78 is 4.61. The van der Waals surface area contributed by atoms with Gasteiger partial charge in [-0.2, -0.15) is 0 Å². The molecule has 1 N–H and O–H groups in total. The van der Waals surface area contributed by atoms with Crippen molar-refractivity contribution in [2.24, 2.45) is 0 Å². The summed E-state index contributed by atoms with van der Waals surface area (Å²) in [5, 5.41) is 2.84. The molecule has 22 heavy (non-hydrogen) atoms. The minimum absolute atomic E-state index is 0.143. The van der Waals surface area contributed by atoms with Crippen LogP contribution in [0.15, 0.2) is 48.1 Å². The van der Waals surface area contributed by atoms with Gasteiger partial charge in [-0.25, -0.2) is 0 Å². The van der Waals surface area contributed by atoms with Gasteiger partial charge in [-0.05, 0) is 18.1 Å². The summed E-state index contributed by atoms with van der Waals surface area (Å²) in [5.41, 5.74) is 3.30. The Hall–Kier alpha value is -2.36. The number of nitrogens with one attached hydrogen (secondary N) is 1. The monoisotopic (exact) mass is 297 g/mol. The zero-order valence-electron chi connectivity index (χ0n) is 12.7. The number of hydrogen-bond donors (Lipinski definition) is 1. The average molecular weight is 297 g/mol. The summed E-state index contributed by atoms with van der Waals surface area (Å²) in [6, 6.07) is 8.07. The van der Waals surface area contributed by atoms with E-state index in [4.69, 9.17) is 0 Å². The molecule has 0 aliphatic heterocycles. The van der Waals surface area contributed by atoms with Gasteiger partial charge in [0, 0.05) is 23.5 Å². The van der Waals surface area contributed by atoms with E-state index < -0.39 is 0 Å². The molecular formula is C18H19NO3. The van der Waals surface area contributed by atoms with Crippen LogP contribution in [0.2, 0.25) is 0 Å². The minimum atomic E-state index is -0.325. The zero-order chi connectivity index (χ0) is 15.7. The highest BCUT2D eigenvalue weighted by atomic mass is 16.5. The fourth-order valence-electron chi connectivity index (χ4n) is 3.12. The molecule has 0 saturated heterocycles. The number of hydrogen-bond acceptors (Lipinski definition) is 3. The molecule has 0 bridgehead atoms. The molecule has 0 heterocycles. The molecule has 4 nitrogen and oxygen atoms in total. The maximum Gasteiger partial charge on any atom is 0.307 e. The van der Waals surface area contributed by atoms with Crippen LogP contribution < -0.4 is 5.32 Å². The van der Waals surface area contributed by atoms with Crippen molar-refractivity contribution in [2.75, 3.05) is 7.11 Å². The Balaban J connectivity index is 1.67. The number of benzene rings is 1. The van der Waals surface area contributed by atoms with Gasteiger partial charge in [0.2, 0.25) is 0 Å². The molecule has 0 spiro atoms. The van der Waals surface area contributed by atoms with Crippen LogP contribution in [0, 0.1) is 0 Å². The van der Waals surface area contributed by atoms with Crippen molar-refractivity contribution in [3.63, 3.8) is 0 Å². The fourth-order valence-corrected chi connectivity index (χ4v) is 3.12. The van der Waals surface area contributed by atoms with Crippen LogP contribution in [0.3, 0.4) is 0 Å². The Morgan fingerprint density at radius 3 is 2.59 bits per heavy atom. The number of allylic oxidation sites excluding steroid dienone is 2. The molecule has 2 aliphatic carbocycles. The van der Waals surface area contributed by atoms with Crippen LogP contribution in [0.4, 0.5) is 0 Å². The lowest BCUT2D eigenvalue weighted by Crippen LogP contribution is -2.36. The Morgan fingerprint density at radius 2 is 1.91 bits per heavy atom. The van der Waals surface area contributed by atoms with E-state index in [1.165, 1.54) is 18.2 Å². The number of methoxy groups -OCH3 is 1. The van der Waals surface area contributed by atoms with Gasteiger partial charge >= 0.3 is 5.97 Å². The molecule has 0 fully saturated rings. The standard InChI is InChI=1S/C18H19NO3/c1-11(9-17(20)22-2)19-18(21)12-7-8-15-13-5-3-4-6-14(13)16(15)10-12/h3-8,10-11,15-16H,9H2,1-2H3,(H,19,21)/t11-,15?,16?/m1/s1. The first-order valence-corrected chi connectivity index (χ1v) is 7.46. The molecular weight excluding hydrogens is 278 g/mol. The molecule has 2 unspecified atom stereocenters. The van der Waals surface area contributed by atoms with Gasteiger partial charge in [-0.15, -0.1) is 0 Å². The third-order valence-corrected chi connectivity index (χ3v) is 4.28. The number of carbonyl (C=O) groups excluding carboxylic acids is 2.